The Morgan fingerprint density at radius 3 is 2.80 bits per heavy atom. The molecule has 8 heteroatoms. The van der Waals surface area contributed by atoms with E-state index in [9.17, 15) is 18.8 Å². The van der Waals surface area contributed by atoms with E-state index >= 15 is 0 Å². The Morgan fingerprint density at radius 1 is 1.33 bits per heavy atom. The van der Waals surface area contributed by atoms with E-state index in [4.69, 9.17) is 0 Å². The Bertz CT molecular complexity index is 1180. The Labute approximate surface area is 174 Å². The first-order chi connectivity index (χ1) is 14.3. The molecule has 2 aromatic rings. The van der Waals surface area contributed by atoms with Gasteiger partial charge in [-0.15, -0.1) is 0 Å². The third-order valence-electron chi connectivity index (χ3n) is 4.98. The highest BCUT2D eigenvalue weighted by Gasteiger charge is 2.30. The first kappa shape index (κ1) is 21.3. The number of aromatic nitrogens is 2. The summed E-state index contributed by atoms with van der Waals surface area (Å²) >= 11 is 0. The number of carbonyl (C=O) groups is 1. The summed E-state index contributed by atoms with van der Waals surface area (Å²) < 4.78 is 14.3. The number of aromatic amines is 1. The van der Waals surface area contributed by atoms with Crippen molar-refractivity contribution in [3.05, 3.63) is 92.4 Å². The fourth-order valence-corrected chi connectivity index (χ4v) is 3.41. The Balaban J connectivity index is 2.00. The van der Waals surface area contributed by atoms with Crippen LogP contribution in [0.25, 0.3) is 5.69 Å². The van der Waals surface area contributed by atoms with Crippen LogP contribution >= 0.6 is 0 Å². The number of allylic oxidation sites excluding steroid dienone is 3. The van der Waals surface area contributed by atoms with Crippen LogP contribution in [0.5, 0.6) is 0 Å². The molecule has 0 spiro atoms. The summed E-state index contributed by atoms with van der Waals surface area (Å²) in [6.45, 7) is 7.47. The molecule has 30 heavy (non-hydrogen) atoms. The van der Waals surface area contributed by atoms with E-state index in [1.165, 1.54) is 18.2 Å². The van der Waals surface area contributed by atoms with Crippen LogP contribution in [0.15, 0.2) is 70.1 Å². The fraction of sp³-hybridized carbons (Fsp3) is 0.227. The number of carbonyl (C=O) groups excluding carboxylic acids is 1. The smallest absolute Gasteiger partial charge is 0.334 e. The van der Waals surface area contributed by atoms with E-state index in [0.717, 1.165) is 23.7 Å². The van der Waals surface area contributed by atoms with Gasteiger partial charge in [-0.1, -0.05) is 49.6 Å². The highest BCUT2D eigenvalue weighted by atomic mass is 19.1. The van der Waals surface area contributed by atoms with Crippen LogP contribution in [0.2, 0.25) is 6.82 Å². The van der Waals surface area contributed by atoms with Crippen molar-refractivity contribution in [3.8, 4) is 5.69 Å². The molecule has 0 fully saturated rings. The van der Waals surface area contributed by atoms with Crippen molar-refractivity contribution in [1.29, 1.82) is 0 Å². The number of halogens is 1. The van der Waals surface area contributed by atoms with Crippen molar-refractivity contribution in [1.82, 2.24) is 9.55 Å². The monoisotopic (exact) mass is 407 g/mol. The molecule has 0 radical (unpaired) electrons. The molecule has 2 N–H and O–H groups in total. The van der Waals surface area contributed by atoms with Crippen molar-refractivity contribution >= 4 is 18.9 Å². The second-order valence-electron chi connectivity index (χ2n) is 7.15. The number of ketones is 1. The van der Waals surface area contributed by atoms with Crippen molar-refractivity contribution in [2.45, 2.75) is 32.5 Å². The highest BCUT2D eigenvalue weighted by Crippen LogP contribution is 2.23. The predicted octanol–water partition coefficient (Wildman–Crippen LogP) is 2.86. The number of H-pyrrole nitrogens is 1. The van der Waals surface area contributed by atoms with Crippen LogP contribution in [-0.4, -0.2) is 28.7 Å². The predicted molar refractivity (Wildman–Crippen MR) is 119 cm³/mol. The number of nitrogens with one attached hydrogen (secondary N) is 2. The Kier molecular flexibility index (Phi) is 6.35. The minimum Gasteiger partial charge on any atom is -0.363 e. The van der Waals surface area contributed by atoms with Crippen LogP contribution < -0.4 is 16.6 Å². The zero-order valence-electron chi connectivity index (χ0n) is 17.0. The highest BCUT2D eigenvalue weighted by molar-refractivity contribution is 6.32. The summed E-state index contributed by atoms with van der Waals surface area (Å²) in [5, 5.41) is 2.98. The summed E-state index contributed by atoms with van der Waals surface area (Å²) in [4.78, 5) is 41.1. The molecule has 6 nitrogen and oxygen atoms in total. The summed E-state index contributed by atoms with van der Waals surface area (Å²) in [5.41, 5.74) is 0.472. The summed E-state index contributed by atoms with van der Waals surface area (Å²) in [6.07, 6.45) is 4.80. The van der Waals surface area contributed by atoms with Gasteiger partial charge in [-0.25, -0.2) is 13.8 Å². The topological polar surface area (TPSA) is 84.0 Å². The molecule has 1 aromatic carbocycles. The first-order valence-electron chi connectivity index (χ1n) is 9.82. The number of hydrogen-bond acceptors (Lipinski definition) is 4. The average Bonchev–Trinajstić information content (AvgIpc) is 2.71. The van der Waals surface area contributed by atoms with E-state index in [-0.39, 0.29) is 17.8 Å². The van der Waals surface area contributed by atoms with Gasteiger partial charge in [0.2, 0.25) is 0 Å². The van der Waals surface area contributed by atoms with Crippen molar-refractivity contribution in [2.75, 3.05) is 5.32 Å². The average molecular weight is 407 g/mol. The lowest BCUT2D eigenvalue weighted by atomic mass is 9.75. The second-order valence-corrected chi connectivity index (χ2v) is 7.15. The first-order valence-corrected chi connectivity index (χ1v) is 9.82. The third-order valence-corrected chi connectivity index (χ3v) is 4.98. The Morgan fingerprint density at radius 2 is 2.10 bits per heavy atom. The molecule has 2 heterocycles. The lowest BCUT2D eigenvalue weighted by Gasteiger charge is -2.26. The number of Topliss-reactive ketones (excluding diaryl/α,β-unsaturated/α-hetero) is 1. The quantitative estimate of drug-likeness (QED) is 0.570. The molecular formula is C22H23BFN3O3. The van der Waals surface area contributed by atoms with Gasteiger partial charge in [0, 0.05) is 6.42 Å². The number of nitrogens with zero attached hydrogens (tertiary/aromatic N) is 1. The minimum absolute atomic E-state index is 0.0230. The Hall–Kier alpha value is -3.42. The second kappa shape index (κ2) is 8.94. The van der Waals surface area contributed by atoms with Gasteiger partial charge in [0.25, 0.3) is 5.56 Å². The molecular weight excluding hydrogens is 384 g/mol. The molecule has 1 aliphatic rings. The SMILES string of the molecule is C=C(/C=C\C(F)=C/C)[C@H]1CC(=O)c2c([nH]c(=O)n(-c3cccc(CBC)c3)c2=O)N1. The van der Waals surface area contributed by atoms with Gasteiger partial charge in [0.05, 0.1) is 11.7 Å². The van der Waals surface area contributed by atoms with Gasteiger partial charge in [-0.05, 0) is 30.7 Å². The van der Waals surface area contributed by atoms with Crippen LogP contribution in [0, 0.1) is 0 Å². The van der Waals surface area contributed by atoms with Crippen molar-refractivity contribution in [2.24, 2.45) is 0 Å². The van der Waals surface area contributed by atoms with Crippen molar-refractivity contribution < 1.29 is 9.18 Å². The lowest BCUT2D eigenvalue weighted by Crippen LogP contribution is -2.43. The van der Waals surface area contributed by atoms with Gasteiger partial charge in [-0.2, -0.15) is 0 Å². The van der Waals surface area contributed by atoms with Gasteiger partial charge >= 0.3 is 5.69 Å². The zero-order chi connectivity index (χ0) is 21.8. The molecule has 0 saturated carbocycles. The van der Waals surface area contributed by atoms with E-state index < -0.39 is 28.9 Å². The number of anilines is 1. The maximum absolute atomic E-state index is 13.3. The van der Waals surface area contributed by atoms with Crippen LogP contribution in [-0.2, 0) is 6.32 Å². The van der Waals surface area contributed by atoms with Gasteiger partial charge in [-0.3, -0.25) is 14.6 Å². The summed E-state index contributed by atoms with van der Waals surface area (Å²) in [7, 11) is 0.930. The summed E-state index contributed by atoms with van der Waals surface area (Å²) in [5.74, 6) is -0.775. The molecule has 0 aliphatic carbocycles. The van der Waals surface area contributed by atoms with E-state index in [0.29, 0.717) is 11.3 Å². The standard InChI is InChI=1S/C22H23BFN3O3/c1-4-15(24)9-8-13(2)17-11-18(28)19-20(25-17)26-22(30)27(21(19)29)16-7-5-6-14(10-16)12-23-3/h4-10,17,23,25H,2,11-12H2,1,3H3,(H,26,30)/b9-8-,15-4+/t17-/m1/s1. The number of fused-ring (bicyclic) bond motifs is 1. The molecule has 1 aliphatic heterocycles. The zero-order valence-corrected chi connectivity index (χ0v) is 17.0. The van der Waals surface area contributed by atoms with E-state index in [2.05, 4.69) is 16.9 Å². The normalized spacial score (nSPS) is 16.3. The number of rotatable bonds is 6. The molecule has 154 valence electrons. The van der Waals surface area contributed by atoms with E-state index in [1.54, 1.807) is 25.1 Å². The maximum Gasteiger partial charge on any atom is 0.334 e. The number of benzene rings is 1. The van der Waals surface area contributed by atoms with Crippen LogP contribution in [0.4, 0.5) is 10.2 Å². The van der Waals surface area contributed by atoms with Gasteiger partial charge in [0.1, 0.15) is 24.5 Å². The lowest BCUT2D eigenvalue weighted by molar-refractivity contribution is 0.0974. The van der Waals surface area contributed by atoms with Crippen LogP contribution in [0.1, 0.15) is 29.3 Å². The molecule has 0 unspecified atom stereocenters. The summed E-state index contributed by atoms with van der Waals surface area (Å²) in [6, 6.07) is 6.59. The maximum atomic E-state index is 13.3. The van der Waals surface area contributed by atoms with Crippen molar-refractivity contribution in [3.63, 3.8) is 0 Å². The number of hydrogen-bond donors (Lipinski definition) is 2. The fourth-order valence-electron chi connectivity index (χ4n) is 3.41. The van der Waals surface area contributed by atoms with Gasteiger partial charge < -0.3 is 5.32 Å². The van der Waals surface area contributed by atoms with Gasteiger partial charge in [0.15, 0.2) is 5.78 Å². The molecule has 0 bridgehead atoms. The minimum atomic E-state index is -0.667. The third kappa shape index (κ3) is 4.27. The molecule has 1 atom stereocenters. The molecule has 0 saturated heterocycles. The molecule has 0 amide bonds. The largest absolute Gasteiger partial charge is 0.363 e. The molecule has 1 aromatic heterocycles. The molecule has 3 rings (SSSR count). The van der Waals surface area contributed by atoms with Crippen LogP contribution in [0.3, 0.4) is 0 Å². The van der Waals surface area contributed by atoms with E-state index in [1.807, 2.05) is 12.9 Å².